The van der Waals surface area contributed by atoms with E-state index in [4.69, 9.17) is 9.15 Å². The van der Waals surface area contributed by atoms with Gasteiger partial charge in [0.2, 0.25) is 11.8 Å². The molecule has 2 amide bonds. The number of rotatable bonds is 6. The highest BCUT2D eigenvalue weighted by atomic mass is 16.5. The molecule has 132 valence electrons. The van der Waals surface area contributed by atoms with Crippen LogP contribution in [0, 0.1) is 5.92 Å². The third-order valence-corrected chi connectivity index (χ3v) is 4.26. The molecule has 2 atom stereocenters. The van der Waals surface area contributed by atoms with Crippen LogP contribution in [-0.2, 0) is 9.59 Å². The lowest BCUT2D eigenvalue weighted by atomic mass is 10.1. The number of methoxy groups -OCH3 is 1. The van der Waals surface area contributed by atoms with Crippen molar-refractivity contribution in [2.24, 2.45) is 5.92 Å². The molecule has 2 N–H and O–H groups in total. The minimum absolute atomic E-state index is 0.0716. The highest BCUT2D eigenvalue weighted by Gasteiger charge is 2.35. The van der Waals surface area contributed by atoms with Crippen LogP contribution in [0.4, 0.5) is 5.69 Å². The first-order chi connectivity index (χ1) is 12.1. The van der Waals surface area contributed by atoms with Gasteiger partial charge in [-0.05, 0) is 18.2 Å². The molecule has 1 aliphatic heterocycles. The van der Waals surface area contributed by atoms with Crippen molar-refractivity contribution >= 4 is 17.5 Å². The van der Waals surface area contributed by atoms with Gasteiger partial charge in [-0.15, -0.1) is 0 Å². The van der Waals surface area contributed by atoms with Crippen LogP contribution < -0.4 is 15.0 Å². The fourth-order valence-corrected chi connectivity index (χ4v) is 2.84. The van der Waals surface area contributed by atoms with Crippen LogP contribution in [0.25, 0.3) is 0 Å². The van der Waals surface area contributed by atoms with E-state index in [0.29, 0.717) is 23.5 Å². The van der Waals surface area contributed by atoms with Crippen LogP contribution in [0.2, 0.25) is 0 Å². The number of ether oxygens (including phenoxy) is 1. The lowest BCUT2D eigenvalue weighted by Gasteiger charge is -2.18. The molecule has 1 saturated heterocycles. The van der Waals surface area contributed by atoms with Crippen LogP contribution >= 0.6 is 0 Å². The number of furan rings is 1. The summed E-state index contributed by atoms with van der Waals surface area (Å²) in [6.07, 6.45) is 2.20. The second-order valence-electron chi connectivity index (χ2n) is 5.92. The summed E-state index contributed by atoms with van der Waals surface area (Å²) in [6, 6.07) is 8.81. The predicted octanol–water partition coefficient (Wildman–Crippen LogP) is 1.49. The van der Waals surface area contributed by atoms with Gasteiger partial charge in [-0.25, -0.2) is 0 Å². The van der Waals surface area contributed by atoms with Gasteiger partial charge in [0.1, 0.15) is 5.75 Å². The number of hydrogen-bond acceptors (Lipinski definition) is 5. The summed E-state index contributed by atoms with van der Waals surface area (Å²) < 4.78 is 10.1. The number of carbonyl (C=O) groups is 2. The van der Waals surface area contributed by atoms with Crippen molar-refractivity contribution in [2.75, 3.05) is 25.1 Å². The average Bonchev–Trinajstić information content (AvgIpc) is 3.29. The van der Waals surface area contributed by atoms with Crippen molar-refractivity contribution in [3.8, 4) is 5.75 Å². The molecule has 0 spiro atoms. The standard InChI is InChI=1S/C18H20N2O5/c1-24-15-4-2-3-14(8-15)20-10-13(7-17(20)22)18(23)19-9-16(21)12-5-6-25-11-12/h2-6,8,11,13,16,21H,7,9-10H2,1H3,(H,19,23)/t13-,16+/m0/s1. The molecule has 0 aliphatic carbocycles. The number of hydrogen-bond donors (Lipinski definition) is 2. The molecule has 1 fully saturated rings. The summed E-state index contributed by atoms with van der Waals surface area (Å²) in [6.45, 7) is 0.377. The molecular formula is C18H20N2O5. The number of nitrogens with one attached hydrogen (secondary N) is 1. The highest BCUT2D eigenvalue weighted by Crippen LogP contribution is 2.28. The Morgan fingerprint density at radius 3 is 3.04 bits per heavy atom. The van der Waals surface area contributed by atoms with E-state index in [1.807, 2.05) is 6.07 Å². The summed E-state index contributed by atoms with van der Waals surface area (Å²) >= 11 is 0. The third-order valence-electron chi connectivity index (χ3n) is 4.26. The molecule has 0 unspecified atom stereocenters. The summed E-state index contributed by atoms with van der Waals surface area (Å²) in [5.41, 5.74) is 1.30. The Hall–Kier alpha value is -2.80. The molecule has 1 aromatic heterocycles. The van der Waals surface area contributed by atoms with E-state index < -0.39 is 12.0 Å². The van der Waals surface area contributed by atoms with Crippen molar-refractivity contribution in [3.05, 3.63) is 48.4 Å². The maximum atomic E-state index is 12.3. The van der Waals surface area contributed by atoms with Gasteiger partial charge in [-0.3, -0.25) is 9.59 Å². The largest absolute Gasteiger partial charge is 0.497 e. The second-order valence-corrected chi connectivity index (χ2v) is 5.92. The van der Waals surface area contributed by atoms with E-state index in [-0.39, 0.29) is 24.8 Å². The summed E-state index contributed by atoms with van der Waals surface area (Å²) in [5.74, 6) is -0.151. The molecule has 7 heteroatoms. The Labute approximate surface area is 145 Å². The molecule has 2 aromatic rings. The van der Waals surface area contributed by atoms with E-state index in [9.17, 15) is 14.7 Å². The maximum absolute atomic E-state index is 12.3. The fraction of sp³-hybridized carbons (Fsp3) is 0.333. The van der Waals surface area contributed by atoms with Crippen molar-refractivity contribution in [1.29, 1.82) is 0 Å². The zero-order valence-electron chi connectivity index (χ0n) is 13.8. The Bertz CT molecular complexity index is 744. The van der Waals surface area contributed by atoms with Crippen molar-refractivity contribution < 1.29 is 23.8 Å². The number of anilines is 1. The zero-order chi connectivity index (χ0) is 17.8. The molecule has 1 aliphatic rings. The predicted molar refractivity (Wildman–Crippen MR) is 90.1 cm³/mol. The fourth-order valence-electron chi connectivity index (χ4n) is 2.84. The molecule has 2 heterocycles. The maximum Gasteiger partial charge on any atom is 0.227 e. The summed E-state index contributed by atoms with van der Waals surface area (Å²) in [4.78, 5) is 26.2. The van der Waals surface area contributed by atoms with Gasteiger partial charge in [0.15, 0.2) is 0 Å². The number of benzene rings is 1. The average molecular weight is 344 g/mol. The first-order valence-electron chi connectivity index (χ1n) is 8.00. The first kappa shape index (κ1) is 17.0. The quantitative estimate of drug-likeness (QED) is 0.828. The van der Waals surface area contributed by atoms with Gasteiger partial charge < -0.3 is 24.5 Å². The number of aliphatic hydroxyl groups excluding tert-OH is 1. The van der Waals surface area contributed by atoms with Crippen LogP contribution in [0.1, 0.15) is 18.1 Å². The first-order valence-corrected chi connectivity index (χ1v) is 8.00. The molecule has 1 aromatic carbocycles. The Morgan fingerprint density at radius 1 is 1.48 bits per heavy atom. The molecule has 0 bridgehead atoms. The minimum Gasteiger partial charge on any atom is -0.497 e. The molecule has 0 saturated carbocycles. The SMILES string of the molecule is COc1cccc(N2C[C@@H](C(=O)NC[C@@H](O)c3ccoc3)CC2=O)c1. The third kappa shape index (κ3) is 3.83. The van der Waals surface area contributed by atoms with Gasteiger partial charge in [-0.1, -0.05) is 6.07 Å². The summed E-state index contributed by atoms with van der Waals surface area (Å²) in [7, 11) is 1.56. The number of carbonyl (C=O) groups excluding carboxylic acids is 2. The Balaban J connectivity index is 1.58. The Morgan fingerprint density at radius 2 is 2.32 bits per heavy atom. The topological polar surface area (TPSA) is 92.0 Å². The smallest absolute Gasteiger partial charge is 0.227 e. The van der Waals surface area contributed by atoms with Gasteiger partial charge in [-0.2, -0.15) is 0 Å². The molecule has 3 rings (SSSR count). The van der Waals surface area contributed by atoms with Gasteiger partial charge in [0, 0.05) is 36.8 Å². The van der Waals surface area contributed by atoms with E-state index in [1.54, 1.807) is 36.3 Å². The van der Waals surface area contributed by atoms with E-state index in [0.717, 1.165) is 0 Å². The monoisotopic (exact) mass is 344 g/mol. The number of amides is 2. The van der Waals surface area contributed by atoms with Crippen LogP contribution in [0.15, 0.2) is 47.3 Å². The summed E-state index contributed by atoms with van der Waals surface area (Å²) in [5, 5.41) is 12.7. The zero-order valence-corrected chi connectivity index (χ0v) is 13.8. The van der Waals surface area contributed by atoms with E-state index in [1.165, 1.54) is 12.5 Å². The minimum atomic E-state index is -0.839. The van der Waals surface area contributed by atoms with Gasteiger partial charge in [0.05, 0.1) is 31.7 Å². The van der Waals surface area contributed by atoms with Crippen molar-refractivity contribution in [3.63, 3.8) is 0 Å². The van der Waals surface area contributed by atoms with Crippen LogP contribution in [0.3, 0.4) is 0 Å². The van der Waals surface area contributed by atoms with E-state index in [2.05, 4.69) is 5.32 Å². The number of nitrogens with zero attached hydrogens (tertiary/aromatic N) is 1. The lowest BCUT2D eigenvalue weighted by molar-refractivity contribution is -0.126. The molecular weight excluding hydrogens is 324 g/mol. The number of aliphatic hydroxyl groups is 1. The van der Waals surface area contributed by atoms with Crippen LogP contribution in [-0.4, -0.2) is 37.1 Å². The van der Waals surface area contributed by atoms with Gasteiger partial charge >= 0.3 is 0 Å². The van der Waals surface area contributed by atoms with Crippen LogP contribution in [0.5, 0.6) is 5.75 Å². The molecule has 7 nitrogen and oxygen atoms in total. The van der Waals surface area contributed by atoms with Crippen molar-refractivity contribution in [1.82, 2.24) is 5.32 Å². The second kappa shape index (κ2) is 7.40. The Kier molecular flexibility index (Phi) is 5.04. The lowest BCUT2D eigenvalue weighted by Crippen LogP contribution is -2.35. The normalized spacial score (nSPS) is 18.2. The highest BCUT2D eigenvalue weighted by molar-refractivity contribution is 6.00. The molecule has 25 heavy (non-hydrogen) atoms. The van der Waals surface area contributed by atoms with Crippen molar-refractivity contribution in [2.45, 2.75) is 12.5 Å². The van der Waals surface area contributed by atoms with Gasteiger partial charge in [0.25, 0.3) is 0 Å². The molecule has 0 radical (unpaired) electrons. The van der Waals surface area contributed by atoms with E-state index >= 15 is 0 Å².